The van der Waals surface area contributed by atoms with Gasteiger partial charge in [-0.3, -0.25) is 9.59 Å². The Kier molecular flexibility index (Phi) is 4.93. The Morgan fingerprint density at radius 3 is 2.00 bits per heavy atom. The SMILES string of the molecule is CC(NC(=O)[C@H](N)C(C)(C)C)C(=O)N(C)C. The average Bonchev–Trinajstić information content (AvgIpc) is 2.13. The maximum atomic E-state index is 11.7. The molecular weight excluding hydrogens is 206 g/mol. The summed E-state index contributed by atoms with van der Waals surface area (Å²) in [6.45, 7) is 7.30. The Morgan fingerprint density at radius 2 is 1.69 bits per heavy atom. The van der Waals surface area contributed by atoms with Crippen molar-refractivity contribution in [1.82, 2.24) is 10.2 Å². The fraction of sp³-hybridized carbons (Fsp3) is 0.818. The first-order valence-corrected chi connectivity index (χ1v) is 5.34. The van der Waals surface area contributed by atoms with Crippen molar-refractivity contribution in [2.24, 2.45) is 11.1 Å². The number of carbonyl (C=O) groups excluding carboxylic acids is 2. The lowest BCUT2D eigenvalue weighted by molar-refractivity contribution is -0.135. The Hall–Kier alpha value is -1.10. The molecule has 1 unspecified atom stereocenters. The molecule has 0 saturated carbocycles. The van der Waals surface area contributed by atoms with Gasteiger partial charge in [-0.2, -0.15) is 0 Å². The van der Waals surface area contributed by atoms with Crippen LogP contribution in [0.5, 0.6) is 0 Å². The summed E-state index contributed by atoms with van der Waals surface area (Å²) >= 11 is 0. The van der Waals surface area contributed by atoms with Crippen molar-refractivity contribution >= 4 is 11.8 Å². The molecule has 0 aromatic carbocycles. The molecule has 0 aromatic heterocycles. The predicted molar refractivity (Wildman–Crippen MR) is 63.7 cm³/mol. The smallest absolute Gasteiger partial charge is 0.244 e. The highest BCUT2D eigenvalue weighted by Gasteiger charge is 2.29. The minimum absolute atomic E-state index is 0.144. The van der Waals surface area contributed by atoms with Gasteiger partial charge in [-0.1, -0.05) is 20.8 Å². The first kappa shape index (κ1) is 14.9. The molecule has 0 spiro atoms. The van der Waals surface area contributed by atoms with Crippen molar-refractivity contribution in [2.75, 3.05) is 14.1 Å². The van der Waals surface area contributed by atoms with E-state index in [0.717, 1.165) is 0 Å². The quantitative estimate of drug-likeness (QED) is 0.712. The number of likely N-dealkylation sites (N-methyl/N-ethyl adjacent to an activating group) is 1. The number of nitrogens with two attached hydrogens (primary N) is 1. The molecule has 0 rings (SSSR count). The maximum Gasteiger partial charge on any atom is 0.244 e. The van der Waals surface area contributed by atoms with E-state index >= 15 is 0 Å². The van der Waals surface area contributed by atoms with Crippen molar-refractivity contribution in [3.8, 4) is 0 Å². The zero-order chi connectivity index (χ0) is 13.1. The molecule has 0 aliphatic carbocycles. The summed E-state index contributed by atoms with van der Waals surface area (Å²) in [5, 5.41) is 2.61. The van der Waals surface area contributed by atoms with Crippen molar-refractivity contribution in [1.29, 1.82) is 0 Å². The van der Waals surface area contributed by atoms with E-state index in [9.17, 15) is 9.59 Å². The number of hydrogen-bond acceptors (Lipinski definition) is 3. The van der Waals surface area contributed by atoms with Crippen LogP contribution in [-0.2, 0) is 9.59 Å². The van der Waals surface area contributed by atoms with E-state index in [0.29, 0.717) is 0 Å². The Balaban J connectivity index is 4.42. The molecule has 0 saturated heterocycles. The topological polar surface area (TPSA) is 75.4 Å². The van der Waals surface area contributed by atoms with Gasteiger partial charge in [0.2, 0.25) is 11.8 Å². The molecule has 0 aromatic rings. The molecule has 5 heteroatoms. The molecule has 2 atom stereocenters. The second kappa shape index (κ2) is 5.30. The van der Waals surface area contributed by atoms with Gasteiger partial charge in [0.15, 0.2) is 0 Å². The zero-order valence-electron chi connectivity index (χ0n) is 11.0. The van der Waals surface area contributed by atoms with Gasteiger partial charge >= 0.3 is 0 Å². The summed E-state index contributed by atoms with van der Waals surface area (Å²) < 4.78 is 0. The molecule has 0 fully saturated rings. The van der Waals surface area contributed by atoms with Crippen LogP contribution in [0, 0.1) is 5.41 Å². The molecule has 2 amide bonds. The highest BCUT2D eigenvalue weighted by Crippen LogP contribution is 2.17. The highest BCUT2D eigenvalue weighted by molar-refractivity contribution is 5.89. The van der Waals surface area contributed by atoms with Gasteiger partial charge in [0, 0.05) is 14.1 Å². The molecule has 94 valence electrons. The van der Waals surface area contributed by atoms with E-state index in [1.54, 1.807) is 21.0 Å². The van der Waals surface area contributed by atoms with Crippen LogP contribution in [0.25, 0.3) is 0 Å². The van der Waals surface area contributed by atoms with E-state index in [2.05, 4.69) is 5.32 Å². The summed E-state index contributed by atoms with van der Waals surface area (Å²) in [6.07, 6.45) is 0. The molecule has 0 heterocycles. The van der Waals surface area contributed by atoms with Crippen LogP contribution in [-0.4, -0.2) is 42.9 Å². The third-order valence-electron chi connectivity index (χ3n) is 2.39. The molecule has 0 aliphatic heterocycles. The number of hydrogen-bond donors (Lipinski definition) is 2. The van der Waals surface area contributed by atoms with E-state index in [-0.39, 0.29) is 17.2 Å². The monoisotopic (exact) mass is 229 g/mol. The molecule has 0 radical (unpaired) electrons. The number of rotatable bonds is 3. The average molecular weight is 229 g/mol. The second-order valence-electron chi connectivity index (χ2n) is 5.31. The number of nitrogens with one attached hydrogen (secondary N) is 1. The third-order valence-corrected chi connectivity index (χ3v) is 2.39. The van der Waals surface area contributed by atoms with Crippen molar-refractivity contribution in [3.05, 3.63) is 0 Å². The minimum atomic E-state index is -0.620. The van der Waals surface area contributed by atoms with Crippen LogP contribution in [0.1, 0.15) is 27.7 Å². The van der Waals surface area contributed by atoms with Gasteiger partial charge < -0.3 is 16.0 Å². The van der Waals surface area contributed by atoms with Crippen molar-refractivity contribution in [2.45, 2.75) is 39.8 Å². The van der Waals surface area contributed by atoms with Crippen LogP contribution in [0.2, 0.25) is 0 Å². The Bertz CT molecular complexity index is 269. The Labute approximate surface area is 97.4 Å². The third kappa shape index (κ3) is 4.18. The molecule has 16 heavy (non-hydrogen) atoms. The van der Waals surface area contributed by atoms with Gasteiger partial charge in [-0.05, 0) is 12.3 Å². The largest absolute Gasteiger partial charge is 0.347 e. The maximum absolute atomic E-state index is 11.7. The summed E-state index contributed by atoms with van der Waals surface area (Å²) in [7, 11) is 3.29. The minimum Gasteiger partial charge on any atom is -0.347 e. The fourth-order valence-electron chi connectivity index (χ4n) is 1.15. The second-order valence-corrected chi connectivity index (χ2v) is 5.31. The summed E-state index contributed by atoms with van der Waals surface area (Å²) in [4.78, 5) is 24.7. The number of amides is 2. The number of carbonyl (C=O) groups is 2. The van der Waals surface area contributed by atoms with E-state index in [4.69, 9.17) is 5.73 Å². The zero-order valence-corrected chi connectivity index (χ0v) is 11.0. The van der Waals surface area contributed by atoms with Crippen LogP contribution < -0.4 is 11.1 Å². The normalized spacial score (nSPS) is 15.2. The molecule has 5 nitrogen and oxygen atoms in total. The lowest BCUT2D eigenvalue weighted by Crippen LogP contribution is -2.53. The van der Waals surface area contributed by atoms with E-state index < -0.39 is 12.1 Å². The molecule has 0 bridgehead atoms. The summed E-state index contributed by atoms with van der Waals surface area (Å²) in [5.74, 6) is -0.440. The van der Waals surface area contributed by atoms with Gasteiger partial charge in [-0.15, -0.1) is 0 Å². The standard InChI is InChI=1S/C11H23N3O2/c1-7(10(16)14(5)6)13-9(15)8(12)11(2,3)4/h7-8H,12H2,1-6H3,(H,13,15)/t7?,8-/m0/s1. The van der Waals surface area contributed by atoms with E-state index in [1.807, 2.05) is 20.8 Å². The first-order valence-electron chi connectivity index (χ1n) is 5.34. The first-order chi connectivity index (χ1) is 7.07. The van der Waals surface area contributed by atoms with Crippen LogP contribution in [0.3, 0.4) is 0 Å². The van der Waals surface area contributed by atoms with Gasteiger partial charge in [-0.25, -0.2) is 0 Å². The summed E-state index contributed by atoms with van der Waals surface area (Å²) in [6, 6.07) is -1.17. The van der Waals surface area contributed by atoms with Crippen molar-refractivity contribution < 1.29 is 9.59 Å². The van der Waals surface area contributed by atoms with Gasteiger partial charge in [0.05, 0.1) is 6.04 Å². The van der Waals surface area contributed by atoms with Crippen LogP contribution in [0.15, 0.2) is 0 Å². The van der Waals surface area contributed by atoms with Crippen molar-refractivity contribution in [3.63, 3.8) is 0 Å². The number of nitrogens with zero attached hydrogens (tertiary/aromatic N) is 1. The Morgan fingerprint density at radius 1 is 1.25 bits per heavy atom. The highest BCUT2D eigenvalue weighted by atomic mass is 16.2. The van der Waals surface area contributed by atoms with Crippen LogP contribution in [0.4, 0.5) is 0 Å². The fourth-order valence-corrected chi connectivity index (χ4v) is 1.15. The van der Waals surface area contributed by atoms with Gasteiger partial charge in [0.25, 0.3) is 0 Å². The predicted octanol–water partition coefficient (Wildman–Crippen LogP) is -0.0473. The van der Waals surface area contributed by atoms with Gasteiger partial charge in [0.1, 0.15) is 6.04 Å². The van der Waals surface area contributed by atoms with E-state index in [1.165, 1.54) is 4.90 Å². The molecule has 3 N–H and O–H groups in total. The lowest BCUT2D eigenvalue weighted by atomic mass is 9.87. The molecule has 0 aliphatic rings. The van der Waals surface area contributed by atoms with Crippen LogP contribution >= 0.6 is 0 Å². The summed E-state index contributed by atoms with van der Waals surface area (Å²) in [5.41, 5.74) is 5.47. The molecular formula is C11H23N3O2. The lowest BCUT2D eigenvalue weighted by Gasteiger charge is -2.27.